The van der Waals surface area contributed by atoms with Crippen LogP contribution in [0.25, 0.3) is 0 Å². The molecule has 0 aromatic heterocycles. The van der Waals surface area contributed by atoms with Crippen molar-refractivity contribution in [3.05, 3.63) is 33.9 Å². The molecule has 72 valence electrons. The summed E-state index contributed by atoms with van der Waals surface area (Å²) >= 11 is 0. The van der Waals surface area contributed by atoms with Crippen LogP contribution in [0.2, 0.25) is 0 Å². The van der Waals surface area contributed by atoms with Gasteiger partial charge in [0.25, 0.3) is 5.69 Å². The van der Waals surface area contributed by atoms with Crippen LogP contribution < -0.4 is 5.73 Å². The number of anilines is 1. The quantitative estimate of drug-likeness (QED) is 0.412. The lowest BCUT2D eigenvalue weighted by molar-refractivity contribution is -0.383. The largest absolute Gasteiger partial charge is 0.393 e. The van der Waals surface area contributed by atoms with Gasteiger partial charge < -0.3 is 5.73 Å². The Kier molecular flexibility index (Phi) is 4.51. The summed E-state index contributed by atoms with van der Waals surface area (Å²) < 4.78 is 0. The topological polar surface area (TPSA) is 69.2 Å². The van der Waals surface area contributed by atoms with E-state index in [0.717, 1.165) is 5.56 Å². The molecule has 4 nitrogen and oxygen atoms in total. The van der Waals surface area contributed by atoms with Gasteiger partial charge in [-0.25, -0.2) is 0 Å². The normalized spacial score (nSPS) is 8.54. The maximum Gasteiger partial charge on any atom is 0.292 e. The number of hydrogen-bond donors (Lipinski definition) is 1. The van der Waals surface area contributed by atoms with E-state index in [1.807, 2.05) is 13.8 Å². The van der Waals surface area contributed by atoms with Crippen LogP contribution >= 0.6 is 0 Å². The van der Waals surface area contributed by atoms with Crippen molar-refractivity contribution in [2.75, 3.05) is 5.73 Å². The van der Waals surface area contributed by atoms with Crippen molar-refractivity contribution in [1.29, 1.82) is 0 Å². The molecule has 0 saturated carbocycles. The standard InChI is InChI=1S/C7H8N2O2.C2H6/c1-5-2-3-6(8)7(4-5)9(10)11;1-2/h2-4H,8H2,1H3;1-2H3. The Morgan fingerprint density at radius 1 is 1.38 bits per heavy atom. The minimum absolute atomic E-state index is 0.0231. The monoisotopic (exact) mass is 182 g/mol. The van der Waals surface area contributed by atoms with Gasteiger partial charge in [-0.15, -0.1) is 0 Å². The first-order valence-electron chi connectivity index (χ1n) is 4.12. The highest BCUT2D eigenvalue weighted by Gasteiger charge is 2.09. The molecule has 1 aromatic rings. The molecule has 0 aliphatic carbocycles. The van der Waals surface area contributed by atoms with Gasteiger partial charge in [0.2, 0.25) is 0 Å². The second-order valence-corrected chi connectivity index (χ2v) is 2.32. The van der Waals surface area contributed by atoms with Crippen LogP contribution in [-0.2, 0) is 0 Å². The van der Waals surface area contributed by atoms with Crippen LogP contribution in [-0.4, -0.2) is 4.92 Å². The Bertz CT molecular complexity index is 298. The van der Waals surface area contributed by atoms with Crippen molar-refractivity contribution in [3.8, 4) is 0 Å². The van der Waals surface area contributed by atoms with Gasteiger partial charge in [-0.1, -0.05) is 19.9 Å². The molecule has 0 heterocycles. The van der Waals surface area contributed by atoms with Gasteiger partial charge >= 0.3 is 0 Å². The van der Waals surface area contributed by atoms with Crippen molar-refractivity contribution < 1.29 is 4.92 Å². The molecular weight excluding hydrogens is 168 g/mol. The van der Waals surface area contributed by atoms with Crippen LogP contribution in [0.3, 0.4) is 0 Å². The Balaban J connectivity index is 0.000000671. The van der Waals surface area contributed by atoms with Crippen LogP contribution in [0.5, 0.6) is 0 Å². The highest BCUT2D eigenvalue weighted by atomic mass is 16.6. The molecule has 0 unspecified atom stereocenters. The summed E-state index contributed by atoms with van der Waals surface area (Å²) in [5, 5.41) is 10.3. The van der Waals surface area contributed by atoms with Crippen molar-refractivity contribution in [3.63, 3.8) is 0 Å². The first-order chi connectivity index (χ1) is 6.11. The summed E-state index contributed by atoms with van der Waals surface area (Å²) in [5.41, 5.74) is 6.37. The van der Waals surface area contributed by atoms with Crippen LogP contribution in [0.15, 0.2) is 18.2 Å². The maximum absolute atomic E-state index is 10.3. The predicted octanol–water partition coefficient (Wildman–Crippen LogP) is 2.51. The number of aryl methyl sites for hydroxylation is 1. The van der Waals surface area contributed by atoms with E-state index in [2.05, 4.69) is 0 Å². The lowest BCUT2D eigenvalue weighted by Gasteiger charge is -1.96. The number of benzene rings is 1. The molecule has 2 N–H and O–H groups in total. The molecule has 0 spiro atoms. The number of hydrogen-bond acceptors (Lipinski definition) is 3. The summed E-state index contributed by atoms with van der Waals surface area (Å²) in [7, 11) is 0. The highest BCUT2D eigenvalue weighted by molar-refractivity contribution is 5.58. The number of nitro benzene ring substituents is 1. The van der Waals surface area contributed by atoms with Gasteiger partial charge in [0.15, 0.2) is 0 Å². The summed E-state index contributed by atoms with van der Waals surface area (Å²) in [6.07, 6.45) is 0. The molecule has 0 aliphatic heterocycles. The Morgan fingerprint density at radius 2 is 1.92 bits per heavy atom. The zero-order valence-electron chi connectivity index (χ0n) is 8.07. The molecule has 13 heavy (non-hydrogen) atoms. The van der Waals surface area contributed by atoms with Crippen LogP contribution in [0, 0.1) is 17.0 Å². The number of rotatable bonds is 1. The van der Waals surface area contributed by atoms with Gasteiger partial charge in [-0.05, 0) is 18.6 Å². The molecule has 0 fully saturated rings. The van der Waals surface area contributed by atoms with E-state index in [9.17, 15) is 10.1 Å². The summed E-state index contributed by atoms with van der Waals surface area (Å²) in [4.78, 5) is 9.82. The van der Waals surface area contributed by atoms with Gasteiger partial charge in [-0.2, -0.15) is 0 Å². The summed E-state index contributed by atoms with van der Waals surface area (Å²) in [5.74, 6) is 0. The average Bonchev–Trinajstić information content (AvgIpc) is 2.12. The number of nitrogens with zero attached hydrogens (tertiary/aromatic N) is 1. The molecule has 0 amide bonds. The van der Waals surface area contributed by atoms with E-state index < -0.39 is 4.92 Å². The predicted molar refractivity (Wildman–Crippen MR) is 53.6 cm³/mol. The highest BCUT2D eigenvalue weighted by Crippen LogP contribution is 2.21. The van der Waals surface area contributed by atoms with E-state index >= 15 is 0 Å². The molecule has 1 aromatic carbocycles. The molecule has 0 saturated heterocycles. The van der Waals surface area contributed by atoms with Gasteiger partial charge in [-0.3, -0.25) is 10.1 Å². The van der Waals surface area contributed by atoms with Crippen molar-refractivity contribution in [1.82, 2.24) is 0 Å². The number of nitro groups is 1. The fourth-order valence-electron chi connectivity index (χ4n) is 0.812. The number of nitrogens with two attached hydrogens (primary N) is 1. The number of nitrogen functional groups attached to an aromatic ring is 1. The van der Waals surface area contributed by atoms with E-state index in [1.54, 1.807) is 13.0 Å². The van der Waals surface area contributed by atoms with Crippen molar-refractivity contribution >= 4 is 11.4 Å². The second-order valence-electron chi connectivity index (χ2n) is 2.32. The third kappa shape index (κ3) is 3.11. The molecule has 1 rings (SSSR count). The lowest BCUT2D eigenvalue weighted by Crippen LogP contribution is -1.95. The zero-order chi connectivity index (χ0) is 10.4. The Labute approximate surface area is 77.5 Å². The maximum atomic E-state index is 10.3. The third-order valence-corrected chi connectivity index (χ3v) is 1.38. The van der Waals surface area contributed by atoms with Gasteiger partial charge in [0.05, 0.1) is 4.92 Å². The summed E-state index contributed by atoms with van der Waals surface area (Å²) in [6, 6.07) is 4.73. The summed E-state index contributed by atoms with van der Waals surface area (Å²) in [6.45, 7) is 5.78. The molecular formula is C9H14N2O2. The van der Waals surface area contributed by atoms with Gasteiger partial charge in [0, 0.05) is 6.07 Å². The first kappa shape index (κ1) is 11.4. The van der Waals surface area contributed by atoms with Crippen molar-refractivity contribution in [2.45, 2.75) is 20.8 Å². The van der Waals surface area contributed by atoms with E-state index in [1.165, 1.54) is 12.1 Å². The van der Waals surface area contributed by atoms with Crippen molar-refractivity contribution in [2.24, 2.45) is 0 Å². The smallest absolute Gasteiger partial charge is 0.292 e. The minimum Gasteiger partial charge on any atom is -0.393 e. The average molecular weight is 182 g/mol. The van der Waals surface area contributed by atoms with E-state index in [-0.39, 0.29) is 11.4 Å². The van der Waals surface area contributed by atoms with E-state index in [0.29, 0.717) is 0 Å². The fraction of sp³-hybridized carbons (Fsp3) is 0.333. The van der Waals surface area contributed by atoms with Crippen LogP contribution in [0.1, 0.15) is 19.4 Å². The van der Waals surface area contributed by atoms with E-state index in [4.69, 9.17) is 5.73 Å². The fourth-order valence-corrected chi connectivity index (χ4v) is 0.812. The third-order valence-electron chi connectivity index (χ3n) is 1.38. The molecule has 4 heteroatoms. The second kappa shape index (κ2) is 5.13. The molecule has 0 aliphatic rings. The van der Waals surface area contributed by atoms with Gasteiger partial charge in [0.1, 0.15) is 5.69 Å². The minimum atomic E-state index is -0.484. The SMILES string of the molecule is CC.Cc1ccc(N)c([N+](=O)[O-])c1. The zero-order valence-corrected chi connectivity index (χ0v) is 8.07. The van der Waals surface area contributed by atoms with Crippen LogP contribution in [0.4, 0.5) is 11.4 Å². The lowest BCUT2D eigenvalue weighted by atomic mass is 10.2. The Morgan fingerprint density at radius 3 is 2.31 bits per heavy atom. The molecule has 0 atom stereocenters. The molecule has 0 bridgehead atoms. The molecule has 0 radical (unpaired) electrons. The Hall–Kier alpha value is -1.58. The first-order valence-corrected chi connectivity index (χ1v) is 4.12.